The van der Waals surface area contributed by atoms with E-state index in [2.05, 4.69) is 0 Å². The van der Waals surface area contributed by atoms with Crippen LogP contribution in [-0.4, -0.2) is 121 Å². The molecule has 3 heterocycles. The molecule has 0 unspecified atom stereocenters. The smallest absolute Gasteiger partial charge is 0.229 e. The second kappa shape index (κ2) is 12.1. The number of fused-ring (bicyclic) bond motifs is 1. The van der Waals surface area contributed by atoms with Gasteiger partial charge in [0.15, 0.2) is 17.8 Å². The van der Waals surface area contributed by atoms with Gasteiger partial charge in [-0.3, -0.25) is 4.79 Å². The van der Waals surface area contributed by atoms with Crippen LogP contribution >= 0.6 is 0 Å². The van der Waals surface area contributed by atoms with Crippen molar-refractivity contribution in [1.82, 2.24) is 0 Å². The molecule has 0 aliphatic carbocycles. The van der Waals surface area contributed by atoms with Gasteiger partial charge in [-0.2, -0.15) is 0 Å². The number of aliphatic hydroxyl groups excluding tert-OH is 7. The van der Waals surface area contributed by atoms with E-state index >= 15 is 0 Å². The number of aromatic hydroxyl groups is 2. The number of ether oxygens (including phenoxy) is 4. The predicted octanol–water partition coefficient (Wildman–Crippen LogP) is -2.13. The molecule has 15 nitrogen and oxygen atoms in total. The number of aliphatic hydroxyl groups is 7. The van der Waals surface area contributed by atoms with Crippen molar-refractivity contribution < 1.29 is 69.3 Å². The number of hydrogen-bond acceptors (Lipinski definition) is 15. The average Bonchev–Trinajstić information content (AvgIpc) is 2.96. The van der Waals surface area contributed by atoms with Crippen LogP contribution in [0.1, 0.15) is 0 Å². The summed E-state index contributed by atoms with van der Waals surface area (Å²) in [5, 5.41) is 90.9. The highest BCUT2D eigenvalue weighted by atomic mass is 16.8. The Morgan fingerprint density at radius 3 is 2.00 bits per heavy atom. The lowest BCUT2D eigenvalue weighted by atomic mass is 9.97. The molecule has 15 heteroatoms. The molecule has 10 atom stereocenters. The molecule has 9 N–H and O–H groups in total. The summed E-state index contributed by atoms with van der Waals surface area (Å²) >= 11 is 0. The maximum absolute atomic E-state index is 12.8. The molecule has 0 amide bonds. The first-order valence-electron chi connectivity index (χ1n) is 12.9. The SMILES string of the molecule is O=c1cc(-c2ccc(O)cc2)oc2cc(O[C@@H]3O[C@H](CO)[C@@H](O)[C@H](O)[C@H]3O[C@@H]3O[C@H](CO)[C@@H](O)[C@H](O)[C@H]3O)cc(O)c12. The minimum atomic E-state index is -1.86. The van der Waals surface area contributed by atoms with E-state index in [1.165, 1.54) is 30.3 Å². The van der Waals surface area contributed by atoms with Crippen LogP contribution in [0.4, 0.5) is 0 Å². The number of phenols is 2. The van der Waals surface area contributed by atoms with Gasteiger partial charge in [0.25, 0.3) is 0 Å². The highest BCUT2D eigenvalue weighted by molar-refractivity contribution is 5.86. The van der Waals surface area contributed by atoms with Crippen molar-refractivity contribution in [3.63, 3.8) is 0 Å². The Labute approximate surface area is 236 Å². The molecule has 0 saturated carbocycles. The van der Waals surface area contributed by atoms with E-state index in [-0.39, 0.29) is 28.2 Å². The van der Waals surface area contributed by atoms with Crippen molar-refractivity contribution in [2.45, 2.75) is 61.4 Å². The van der Waals surface area contributed by atoms with Crippen molar-refractivity contribution in [3.05, 3.63) is 52.7 Å². The molecule has 2 saturated heterocycles. The molecule has 2 aromatic carbocycles. The highest BCUT2D eigenvalue weighted by Gasteiger charge is 2.51. The fourth-order valence-corrected chi connectivity index (χ4v) is 4.84. The topological polar surface area (TPSA) is 249 Å². The van der Waals surface area contributed by atoms with Gasteiger partial charge in [-0.25, -0.2) is 0 Å². The van der Waals surface area contributed by atoms with Gasteiger partial charge in [-0.15, -0.1) is 0 Å². The minimum absolute atomic E-state index is 0.00308. The summed E-state index contributed by atoms with van der Waals surface area (Å²) in [6, 6.07) is 9.26. The van der Waals surface area contributed by atoms with Crippen LogP contribution in [0.2, 0.25) is 0 Å². The lowest BCUT2D eigenvalue weighted by Gasteiger charge is -2.45. The summed E-state index contributed by atoms with van der Waals surface area (Å²) in [5.74, 6) is -0.592. The minimum Gasteiger partial charge on any atom is -0.508 e. The lowest BCUT2D eigenvalue weighted by Crippen LogP contribution is -2.65. The average molecular weight is 595 g/mol. The fraction of sp³-hybridized carbons (Fsp3) is 0.444. The first-order valence-corrected chi connectivity index (χ1v) is 12.9. The van der Waals surface area contributed by atoms with Crippen LogP contribution in [0.25, 0.3) is 22.3 Å². The zero-order valence-corrected chi connectivity index (χ0v) is 21.7. The Balaban J connectivity index is 1.47. The van der Waals surface area contributed by atoms with Crippen LogP contribution in [-0.2, 0) is 14.2 Å². The fourth-order valence-electron chi connectivity index (χ4n) is 4.84. The van der Waals surface area contributed by atoms with E-state index in [9.17, 15) is 50.8 Å². The van der Waals surface area contributed by atoms with Crippen molar-refractivity contribution in [2.24, 2.45) is 0 Å². The van der Waals surface area contributed by atoms with Crippen molar-refractivity contribution >= 4 is 11.0 Å². The third kappa shape index (κ3) is 5.67. The van der Waals surface area contributed by atoms with Crippen LogP contribution < -0.4 is 10.2 Å². The van der Waals surface area contributed by atoms with Crippen molar-refractivity contribution in [1.29, 1.82) is 0 Å². The predicted molar refractivity (Wildman–Crippen MR) is 138 cm³/mol. The quantitative estimate of drug-likeness (QED) is 0.142. The third-order valence-electron chi connectivity index (χ3n) is 7.15. The normalized spacial score (nSPS) is 33.5. The van der Waals surface area contributed by atoms with Gasteiger partial charge < -0.3 is 69.3 Å². The van der Waals surface area contributed by atoms with Gasteiger partial charge in [0.2, 0.25) is 6.29 Å². The lowest BCUT2D eigenvalue weighted by molar-refractivity contribution is -0.357. The van der Waals surface area contributed by atoms with Crippen molar-refractivity contribution in [3.8, 4) is 28.6 Å². The molecule has 0 spiro atoms. The first kappa shape index (κ1) is 30.1. The Bertz CT molecular complexity index is 1440. The molecule has 0 radical (unpaired) electrons. The van der Waals surface area contributed by atoms with Crippen LogP contribution in [0.3, 0.4) is 0 Å². The van der Waals surface area contributed by atoms with E-state index in [0.29, 0.717) is 5.56 Å². The van der Waals surface area contributed by atoms with Crippen LogP contribution in [0, 0.1) is 0 Å². The summed E-state index contributed by atoms with van der Waals surface area (Å²) in [7, 11) is 0. The molecule has 5 rings (SSSR count). The molecule has 2 aliphatic heterocycles. The zero-order valence-electron chi connectivity index (χ0n) is 21.7. The van der Waals surface area contributed by atoms with Gasteiger partial charge in [0, 0.05) is 23.8 Å². The second-order valence-corrected chi connectivity index (χ2v) is 9.96. The Morgan fingerprint density at radius 2 is 1.36 bits per heavy atom. The second-order valence-electron chi connectivity index (χ2n) is 9.96. The van der Waals surface area contributed by atoms with E-state index < -0.39 is 85.8 Å². The summed E-state index contributed by atoms with van der Waals surface area (Å²) in [5.41, 5.74) is -0.244. The molecule has 42 heavy (non-hydrogen) atoms. The van der Waals surface area contributed by atoms with Crippen molar-refractivity contribution in [2.75, 3.05) is 13.2 Å². The van der Waals surface area contributed by atoms with E-state index in [0.717, 1.165) is 12.1 Å². The maximum atomic E-state index is 12.8. The largest absolute Gasteiger partial charge is 0.508 e. The highest BCUT2D eigenvalue weighted by Crippen LogP contribution is 2.35. The number of phenolic OH excluding ortho intramolecular Hbond substituents is 2. The third-order valence-corrected chi connectivity index (χ3v) is 7.15. The number of hydrogen-bond donors (Lipinski definition) is 9. The molecule has 2 fully saturated rings. The monoisotopic (exact) mass is 594 g/mol. The standard InChI is InChI=1S/C27H30O15/c28-8-17-20(33)22(35)24(37)26(40-17)42-25-23(36)21(34)18(9-29)41-27(25)38-12-5-13(31)19-14(32)7-15(39-16(19)6-12)10-1-3-11(30)4-2-10/h1-7,17-18,20-31,33-37H,8-9H2/t17-,18-,20-,21-,22+,23+,24-,25-,26+,27-/m1/s1. The Morgan fingerprint density at radius 1 is 0.738 bits per heavy atom. The molecule has 2 aliphatic rings. The van der Waals surface area contributed by atoms with E-state index in [4.69, 9.17) is 23.4 Å². The Kier molecular flexibility index (Phi) is 8.68. The molecule has 228 valence electrons. The van der Waals surface area contributed by atoms with Gasteiger partial charge in [0.05, 0.1) is 13.2 Å². The van der Waals surface area contributed by atoms with Gasteiger partial charge in [-0.05, 0) is 24.3 Å². The molecule has 3 aromatic rings. The first-order chi connectivity index (χ1) is 20.0. The Hall–Kier alpha value is -3.35. The number of rotatable bonds is 7. The van der Waals surface area contributed by atoms with E-state index in [1.807, 2.05) is 0 Å². The zero-order chi connectivity index (χ0) is 30.3. The summed E-state index contributed by atoms with van der Waals surface area (Å²) in [6.45, 7) is -1.50. The molecule has 0 bridgehead atoms. The van der Waals surface area contributed by atoms with Gasteiger partial charge >= 0.3 is 0 Å². The van der Waals surface area contributed by atoms with E-state index in [1.54, 1.807) is 0 Å². The molecular weight excluding hydrogens is 564 g/mol. The van der Waals surface area contributed by atoms with Gasteiger partial charge in [-0.1, -0.05) is 0 Å². The maximum Gasteiger partial charge on any atom is 0.229 e. The summed E-state index contributed by atoms with van der Waals surface area (Å²) in [4.78, 5) is 12.8. The molecular formula is C27H30O15. The van der Waals surface area contributed by atoms with Crippen LogP contribution in [0.15, 0.2) is 51.7 Å². The number of benzene rings is 2. The molecule has 1 aromatic heterocycles. The summed E-state index contributed by atoms with van der Waals surface area (Å²) < 4.78 is 28.2. The van der Waals surface area contributed by atoms with Crippen LogP contribution in [0.5, 0.6) is 17.2 Å². The summed E-state index contributed by atoms with van der Waals surface area (Å²) in [6.07, 6.45) is -16.7. The van der Waals surface area contributed by atoms with Gasteiger partial charge in [0.1, 0.15) is 76.7 Å².